The molecule has 30 heavy (non-hydrogen) atoms. The van der Waals surface area contributed by atoms with Crippen LogP contribution in [0.4, 0.5) is 11.4 Å². The summed E-state index contributed by atoms with van der Waals surface area (Å²) < 4.78 is 28.1. The van der Waals surface area contributed by atoms with Crippen molar-refractivity contribution in [2.75, 3.05) is 23.1 Å². The molecule has 7 nitrogen and oxygen atoms in total. The van der Waals surface area contributed by atoms with E-state index < -0.39 is 10.0 Å². The van der Waals surface area contributed by atoms with Crippen LogP contribution in [0.1, 0.15) is 6.42 Å². The quantitative estimate of drug-likeness (QED) is 0.566. The Morgan fingerprint density at radius 1 is 1.17 bits per heavy atom. The lowest BCUT2D eigenvalue weighted by molar-refractivity contribution is 0.609. The van der Waals surface area contributed by atoms with E-state index in [1.54, 1.807) is 36.0 Å². The number of aromatic nitrogens is 1. The molecule has 1 aliphatic rings. The minimum atomic E-state index is -3.64. The van der Waals surface area contributed by atoms with Crippen LogP contribution in [-0.4, -0.2) is 32.1 Å². The van der Waals surface area contributed by atoms with Crippen molar-refractivity contribution in [3.05, 3.63) is 71.0 Å². The van der Waals surface area contributed by atoms with Crippen LogP contribution in [0.5, 0.6) is 0 Å². The maximum atomic E-state index is 12.6. The van der Waals surface area contributed by atoms with Gasteiger partial charge in [-0.3, -0.25) is 9.52 Å². The van der Waals surface area contributed by atoms with E-state index in [0.717, 1.165) is 47.1 Å². The van der Waals surface area contributed by atoms with Gasteiger partial charge in [0.2, 0.25) is 0 Å². The standard InChI is InChI=1S/C22H24N4O3S/c1-3-30(28,29)25-15-8-9-21(24-16-10-11-23-13-16)19(12-15)20-14-26(2)22(27)18-7-5-4-6-17(18)20/h3-9,12,14,16,23-25H,1,10-11,13H2,2H3. The molecule has 3 N–H and O–H groups in total. The van der Waals surface area contributed by atoms with E-state index in [-0.39, 0.29) is 11.6 Å². The third-order valence-corrected chi connectivity index (χ3v) is 6.26. The van der Waals surface area contributed by atoms with Gasteiger partial charge in [0.15, 0.2) is 0 Å². The van der Waals surface area contributed by atoms with E-state index in [9.17, 15) is 13.2 Å². The average Bonchev–Trinajstić information content (AvgIpc) is 3.25. The Bertz CT molecular complexity index is 1280. The van der Waals surface area contributed by atoms with Crippen molar-refractivity contribution in [3.63, 3.8) is 0 Å². The summed E-state index contributed by atoms with van der Waals surface area (Å²) in [5, 5.41) is 9.21. The van der Waals surface area contributed by atoms with Crippen LogP contribution in [0.25, 0.3) is 21.9 Å². The van der Waals surface area contributed by atoms with E-state index in [2.05, 4.69) is 21.9 Å². The molecule has 2 aromatic carbocycles. The summed E-state index contributed by atoms with van der Waals surface area (Å²) in [5.74, 6) is 0. The van der Waals surface area contributed by atoms with E-state index in [1.807, 2.05) is 24.3 Å². The minimum Gasteiger partial charge on any atom is -0.380 e. The van der Waals surface area contributed by atoms with Crippen molar-refractivity contribution in [3.8, 4) is 11.1 Å². The summed E-state index contributed by atoms with van der Waals surface area (Å²) in [7, 11) is -1.92. The highest BCUT2D eigenvalue weighted by molar-refractivity contribution is 7.95. The fourth-order valence-corrected chi connectivity index (χ4v) is 4.33. The van der Waals surface area contributed by atoms with Crippen LogP contribution in [0, 0.1) is 0 Å². The molecule has 1 unspecified atom stereocenters. The predicted octanol–water partition coefficient (Wildman–Crippen LogP) is 2.86. The first-order chi connectivity index (χ1) is 14.4. The molecular formula is C22H24N4O3S. The minimum absolute atomic E-state index is 0.0765. The summed E-state index contributed by atoms with van der Waals surface area (Å²) in [4.78, 5) is 12.6. The van der Waals surface area contributed by atoms with Gasteiger partial charge in [-0.25, -0.2) is 8.42 Å². The normalized spacial score (nSPS) is 16.5. The molecule has 1 aliphatic heterocycles. The monoisotopic (exact) mass is 424 g/mol. The Morgan fingerprint density at radius 2 is 1.93 bits per heavy atom. The smallest absolute Gasteiger partial charge is 0.258 e. The number of nitrogens with zero attached hydrogens (tertiary/aromatic N) is 1. The number of nitrogens with one attached hydrogen (secondary N) is 3. The molecule has 1 fully saturated rings. The summed E-state index contributed by atoms with van der Waals surface area (Å²) in [6, 6.07) is 13.1. The Morgan fingerprint density at radius 3 is 2.63 bits per heavy atom. The number of hydrogen-bond donors (Lipinski definition) is 3. The lowest BCUT2D eigenvalue weighted by Crippen LogP contribution is -2.22. The second kappa shape index (κ2) is 7.97. The molecule has 156 valence electrons. The van der Waals surface area contributed by atoms with Crippen molar-refractivity contribution >= 4 is 32.2 Å². The largest absolute Gasteiger partial charge is 0.380 e. The lowest BCUT2D eigenvalue weighted by atomic mass is 9.98. The molecule has 1 saturated heterocycles. The first-order valence-electron chi connectivity index (χ1n) is 9.73. The number of hydrogen-bond acceptors (Lipinski definition) is 5. The van der Waals surface area contributed by atoms with Crippen molar-refractivity contribution in [1.29, 1.82) is 0 Å². The van der Waals surface area contributed by atoms with Gasteiger partial charge in [0, 0.05) is 59.1 Å². The third-order valence-electron chi connectivity index (χ3n) is 5.30. The fourth-order valence-electron chi connectivity index (χ4n) is 3.79. The molecule has 0 bridgehead atoms. The summed E-state index contributed by atoms with van der Waals surface area (Å²) in [5.41, 5.74) is 2.90. The molecule has 3 aromatic rings. The Kier molecular flexibility index (Phi) is 5.36. The SMILES string of the molecule is C=CS(=O)(=O)Nc1ccc(NC2CCNC2)c(-c2cn(C)c(=O)c3ccccc23)c1. The van der Waals surface area contributed by atoms with Gasteiger partial charge in [-0.15, -0.1) is 0 Å². The van der Waals surface area contributed by atoms with Crippen LogP contribution in [0.3, 0.4) is 0 Å². The summed E-state index contributed by atoms with van der Waals surface area (Å²) in [6.07, 6.45) is 2.79. The Hall–Kier alpha value is -3.10. The molecular weight excluding hydrogens is 400 g/mol. The first kappa shape index (κ1) is 20.2. The van der Waals surface area contributed by atoms with Crippen LogP contribution < -0.4 is 20.9 Å². The van der Waals surface area contributed by atoms with Gasteiger partial charge in [-0.05, 0) is 42.6 Å². The Labute approximate surface area is 175 Å². The average molecular weight is 425 g/mol. The van der Waals surface area contributed by atoms with Gasteiger partial charge in [-0.1, -0.05) is 24.8 Å². The van der Waals surface area contributed by atoms with Gasteiger partial charge in [0.25, 0.3) is 15.6 Å². The maximum Gasteiger partial charge on any atom is 0.258 e. The highest BCUT2D eigenvalue weighted by Crippen LogP contribution is 2.35. The summed E-state index contributed by atoms with van der Waals surface area (Å²) in [6.45, 7) is 5.16. The van der Waals surface area contributed by atoms with Crippen molar-refractivity contribution in [1.82, 2.24) is 9.88 Å². The van der Waals surface area contributed by atoms with Crippen LogP contribution in [0.2, 0.25) is 0 Å². The van der Waals surface area contributed by atoms with E-state index in [0.29, 0.717) is 11.1 Å². The van der Waals surface area contributed by atoms with Gasteiger partial charge in [-0.2, -0.15) is 0 Å². The molecule has 2 heterocycles. The number of anilines is 2. The molecule has 0 aliphatic carbocycles. The third kappa shape index (κ3) is 3.96. The molecule has 0 amide bonds. The van der Waals surface area contributed by atoms with Crippen LogP contribution in [0.15, 0.2) is 65.4 Å². The van der Waals surface area contributed by atoms with E-state index >= 15 is 0 Å². The van der Waals surface area contributed by atoms with Gasteiger partial charge >= 0.3 is 0 Å². The van der Waals surface area contributed by atoms with Crippen molar-refractivity contribution in [2.45, 2.75) is 12.5 Å². The zero-order valence-electron chi connectivity index (χ0n) is 16.7. The highest BCUT2D eigenvalue weighted by Gasteiger charge is 2.19. The molecule has 8 heteroatoms. The molecule has 0 spiro atoms. The van der Waals surface area contributed by atoms with Gasteiger partial charge in [0.05, 0.1) is 0 Å². The number of fused-ring (bicyclic) bond motifs is 1. The zero-order chi connectivity index (χ0) is 21.3. The molecule has 1 aromatic heterocycles. The second-order valence-corrected chi connectivity index (χ2v) is 9.04. The van der Waals surface area contributed by atoms with Gasteiger partial charge in [0.1, 0.15) is 0 Å². The number of benzene rings is 2. The topological polar surface area (TPSA) is 92.2 Å². The van der Waals surface area contributed by atoms with Crippen LogP contribution in [-0.2, 0) is 17.1 Å². The highest BCUT2D eigenvalue weighted by atomic mass is 32.2. The Balaban J connectivity index is 1.91. The number of pyridine rings is 1. The molecule has 1 atom stereocenters. The molecule has 0 saturated carbocycles. The zero-order valence-corrected chi connectivity index (χ0v) is 17.5. The van der Waals surface area contributed by atoms with Crippen molar-refractivity contribution in [2.24, 2.45) is 7.05 Å². The first-order valence-corrected chi connectivity index (χ1v) is 11.3. The number of sulfonamides is 1. The van der Waals surface area contributed by atoms with E-state index in [1.165, 1.54) is 0 Å². The number of aryl methyl sites for hydroxylation is 1. The lowest BCUT2D eigenvalue weighted by Gasteiger charge is -2.20. The summed E-state index contributed by atoms with van der Waals surface area (Å²) >= 11 is 0. The van der Waals surface area contributed by atoms with Gasteiger partial charge < -0.3 is 15.2 Å². The fraction of sp³-hybridized carbons (Fsp3) is 0.227. The molecule has 4 rings (SSSR count). The van der Waals surface area contributed by atoms with E-state index in [4.69, 9.17) is 0 Å². The van der Waals surface area contributed by atoms with Crippen LogP contribution >= 0.6 is 0 Å². The van der Waals surface area contributed by atoms with Crippen molar-refractivity contribution < 1.29 is 8.42 Å². The number of rotatable bonds is 6. The second-order valence-electron chi connectivity index (χ2n) is 7.41. The molecule has 0 radical (unpaired) electrons. The predicted molar refractivity (Wildman–Crippen MR) is 122 cm³/mol. The maximum absolute atomic E-state index is 12.6.